The molecular weight excluding hydrogens is 245 g/mol. The number of benzene rings is 2. The van der Waals surface area contributed by atoms with E-state index in [-0.39, 0.29) is 6.92 Å². The number of hydrogen-bond donors (Lipinski definition) is 1. The summed E-state index contributed by atoms with van der Waals surface area (Å²) in [5.74, 6) is 0. The monoisotopic (exact) mass is 267 g/mol. The average Bonchev–Trinajstić information content (AvgIpc) is 2.52. The summed E-state index contributed by atoms with van der Waals surface area (Å²) in [4.78, 5) is 0. The number of rotatable bonds is 8. The van der Waals surface area contributed by atoms with Crippen molar-refractivity contribution in [3.05, 3.63) is 66.2 Å². The molecule has 0 aliphatic rings. The maximum Gasteiger partial charge on any atom is 0.326 e. The molecular formula is C17H22BNO. The van der Waals surface area contributed by atoms with Crippen molar-refractivity contribution in [2.45, 2.75) is 19.2 Å². The quantitative estimate of drug-likeness (QED) is 0.746. The van der Waals surface area contributed by atoms with Crippen LogP contribution in [0.15, 0.2) is 60.7 Å². The second-order valence-corrected chi connectivity index (χ2v) is 4.94. The van der Waals surface area contributed by atoms with Crippen LogP contribution in [-0.2, 0) is 11.1 Å². The normalized spacial score (nSPS) is 10.4. The van der Waals surface area contributed by atoms with Crippen LogP contribution in [-0.4, -0.2) is 20.1 Å². The van der Waals surface area contributed by atoms with Crippen LogP contribution in [0.25, 0.3) is 0 Å². The molecule has 0 amide bonds. The highest BCUT2D eigenvalue weighted by molar-refractivity contribution is 6.67. The van der Waals surface area contributed by atoms with Gasteiger partial charge in [0.2, 0.25) is 0 Å². The fraction of sp³-hybridized carbons (Fsp3) is 0.294. The van der Waals surface area contributed by atoms with E-state index >= 15 is 0 Å². The summed E-state index contributed by atoms with van der Waals surface area (Å²) in [6.07, 6.45) is 3.24. The van der Waals surface area contributed by atoms with Gasteiger partial charge in [-0.05, 0) is 23.8 Å². The van der Waals surface area contributed by atoms with Gasteiger partial charge in [0.1, 0.15) is 0 Å². The Morgan fingerprint density at radius 1 is 0.900 bits per heavy atom. The van der Waals surface area contributed by atoms with Gasteiger partial charge in [0, 0.05) is 13.2 Å². The van der Waals surface area contributed by atoms with Crippen LogP contribution in [0.3, 0.4) is 0 Å². The van der Waals surface area contributed by atoms with Gasteiger partial charge in [-0.25, -0.2) is 0 Å². The van der Waals surface area contributed by atoms with Crippen LogP contribution < -0.4 is 11.2 Å². The Morgan fingerprint density at radius 3 is 2.20 bits per heavy atom. The Balaban J connectivity index is 1.88. The first-order chi connectivity index (χ1) is 9.90. The zero-order valence-electron chi connectivity index (χ0n) is 11.9. The molecule has 0 unspecified atom stereocenters. The molecule has 20 heavy (non-hydrogen) atoms. The van der Waals surface area contributed by atoms with Crippen LogP contribution in [0.1, 0.15) is 12.0 Å². The van der Waals surface area contributed by atoms with Crippen LogP contribution in [0, 0.1) is 0 Å². The Morgan fingerprint density at radius 2 is 1.55 bits per heavy atom. The highest BCUT2D eigenvalue weighted by Gasteiger charge is 2.17. The van der Waals surface area contributed by atoms with Crippen molar-refractivity contribution in [2.24, 2.45) is 5.73 Å². The second kappa shape index (κ2) is 8.57. The Kier molecular flexibility index (Phi) is 6.35. The maximum atomic E-state index is 5.89. The summed E-state index contributed by atoms with van der Waals surface area (Å²) < 4.78 is 5.89. The summed E-state index contributed by atoms with van der Waals surface area (Å²) in [5, 5.41) is 0. The summed E-state index contributed by atoms with van der Waals surface area (Å²) in [5.41, 5.74) is 8.18. The van der Waals surface area contributed by atoms with E-state index in [0.717, 1.165) is 19.2 Å². The predicted octanol–water partition coefficient (Wildman–Crippen LogP) is 2.49. The molecule has 0 bridgehead atoms. The fourth-order valence-corrected chi connectivity index (χ4v) is 2.36. The molecule has 104 valence electrons. The highest BCUT2D eigenvalue weighted by Crippen LogP contribution is 2.08. The van der Waals surface area contributed by atoms with E-state index in [1.165, 1.54) is 11.0 Å². The van der Waals surface area contributed by atoms with Crippen molar-refractivity contribution < 1.29 is 4.65 Å². The third-order valence-corrected chi connectivity index (χ3v) is 3.38. The van der Waals surface area contributed by atoms with Gasteiger partial charge < -0.3 is 10.4 Å². The topological polar surface area (TPSA) is 35.2 Å². The largest absolute Gasteiger partial charge is 0.429 e. The number of hydrogen-bond acceptors (Lipinski definition) is 2. The van der Waals surface area contributed by atoms with E-state index in [0.29, 0.717) is 13.2 Å². The number of aryl methyl sites for hydroxylation is 1. The molecule has 2 N–H and O–H groups in total. The van der Waals surface area contributed by atoms with Gasteiger partial charge in [0.25, 0.3) is 0 Å². The minimum atomic E-state index is 0.156. The van der Waals surface area contributed by atoms with Crippen molar-refractivity contribution in [2.75, 3.05) is 13.2 Å². The molecule has 0 fully saturated rings. The predicted molar refractivity (Wildman–Crippen MR) is 86.4 cm³/mol. The third-order valence-electron chi connectivity index (χ3n) is 3.38. The first kappa shape index (κ1) is 14.8. The zero-order chi connectivity index (χ0) is 14.0. The molecule has 2 nitrogen and oxygen atoms in total. The highest BCUT2D eigenvalue weighted by atomic mass is 16.4. The molecule has 2 aromatic rings. The van der Waals surface area contributed by atoms with Crippen LogP contribution in [0.5, 0.6) is 0 Å². The first-order valence-electron chi connectivity index (χ1n) is 7.30. The summed E-state index contributed by atoms with van der Waals surface area (Å²) in [6, 6.07) is 21.0. The lowest BCUT2D eigenvalue weighted by Crippen LogP contribution is -2.35. The van der Waals surface area contributed by atoms with Gasteiger partial charge in [-0.2, -0.15) is 0 Å². The summed E-state index contributed by atoms with van der Waals surface area (Å²) in [7, 11) is 0. The van der Waals surface area contributed by atoms with Crippen LogP contribution in [0.4, 0.5) is 0 Å². The molecule has 0 aliphatic carbocycles. The van der Waals surface area contributed by atoms with Gasteiger partial charge in [-0.15, -0.1) is 0 Å². The minimum absolute atomic E-state index is 0.156. The Hall–Kier alpha value is -1.58. The summed E-state index contributed by atoms with van der Waals surface area (Å²) >= 11 is 0. The van der Waals surface area contributed by atoms with E-state index < -0.39 is 0 Å². The number of nitrogens with two attached hydrogens (primary N) is 1. The van der Waals surface area contributed by atoms with Gasteiger partial charge in [0.15, 0.2) is 0 Å². The van der Waals surface area contributed by atoms with Gasteiger partial charge in [0.05, 0.1) is 0 Å². The Labute approximate surface area is 122 Å². The van der Waals surface area contributed by atoms with Crippen molar-refractivity contribution in [3.8, 4) is 0 Å². The molecule has 0 radical (unpaired) electrons. The first-order valence-corrected chi connectivity index (χ1v) is 7.30. The van der Waals surface area contributed by atoms with Crippen molar-refractivity contribution in [1.82, 2.24) is 0 Å². The molecule has 0 aromatic heterocycles. The van der Waals surface area contributed by atoms with E-state index in [2.05, 4.69) is 54.6 Å². The van der Waals surface area contributed by atoms with Crippen molar-refractivity contribution in [1.29, 1.82) is 0 Å². The van der Waals surface area contributed by atoms with Crippen molar-refractivity contribution >= 4 is 12.4 Å². The fourth-order valence-electron chi connectivity index (χ4n) is 2.36. The van der Waals surface area contributed by atoms with E-state index in [1.807, 2.05) is 6.07 Å². The third kappa shape index (κ3) is 4.84. The molecule has 0 saturated carbocycles. The van der Waals surface area contributed by atoms with E-state index in [9.17, 15) is 0 Å². The lowest BCUT2D eigenvalue weighted by Gasteiger charge is -2.14. The molecule has 0 heterocycles. The average molecular weight is 267 g/mol. The van der Waals surface area contributed by atoms with Crippen molar-refractivity contribution in [3.63, 3.8) is 0 Å². The molecule has 2 aromatic carbocycles. The van der Waals surface area contributed by atoms with Gasteiger partial charge in [-0.3, -0.25) is 0 Å². The summed E-state index contributed by atoms with van der Waals surface area (Å²) in [6.45, 7) is 1.34. The SMILES string of the molecule is NCCOB(CCCc1ccccc1)c1ccccc1. The standard InChI is InChI=1S/C17H22BNO/c19-14-15-20-18(17-11-5-2-6-12-17)13-7-10-16-8-3-1-4-9-16/h1-6,8-9,11-12H,7,10,13-15,19H2. The van der Waals surface area contributed by atoms with Crippen LogP contribution in [0.2, 0.25) is 6.32 Å². The van der Waals surface area contributed by atoms with E-state index in [1.54, 1.807) is 0 Å². The molecule has 0 spiro atoms. The van der Waals surface area contributed by atoms with Gasteiger partial charge in [-0.1, -0.05) is 67.1 Å². The molecule has 0 aliphatic heterocycles. The van der Waals surface area contributed by atoms with E-state index in [4.69, 9.17) is 10.4 Å². The molecule has 0 saturated heterocycles. The smallest absolute Gasteiger partial charge is 0.326 e. The Bertz CT molecular complexity index is 475. The zero-order valence-corrected chi connectivity index (χ0v) is 11.9. The van der Waals surface area contributed by atoms with Crippen LogP contribution >= 0.6 is 0 Å². The molecule has 2 rings (SSSR count). The lowest BCUT2D eigenvalue weighted by molar-refractivity contribution is 0.336. The lowest BCUT2D eigenvalue weighted by atomic mass is 9.57. The molecule has 0 atom stereocenters. The second-order valence-electron chi connectivity index (χ2n) is 4.94. The van der Waals surface area contributed by atoms with Gasteiger partial charge >= 0.3 is 6.92 Å². The molecule has 3 heteroatoms. The minimum Gasteiger partial charge on any atom is -0.429 e. The maximum absolute atomic E-state index is 5.89.